The van der Waals surface area contributed by atoms with Gasteiger partial charge in [0.1, 0.15) is 5.75 Å². The molecule has 19 heavy (non-hydrogen) atoms. The topological polar surface area (TPSA) is 59.4 Å². The van der Waals surface area contributed by atoms with Crippen LogP contribution in [0.1, 0.15) is 10.5 Å². The first-order valence-electron chi connectivity index (χ1n) is 5.00. The molecule has 0 aliphatic carbocycles. The first kappa shape index (κ1) is 13.9. The molecule has 1 aromatic carbocycles. The Morgan fingerprint density at radius 3 is 2.47 bits per heavy atom. The Balaban J connectivity index is 2.36. The Morgan fingerprint density at radius 2 is 1.79 bits per heavy atom. The number of nitrogens with zero attached hydrogens (tertiary/aromatic N) is 1. The average Bonchev–Trinajstić information content (AvgIpc) is 2.36. The van der Waals surface area contributed by atoms with Gasteiger partial charge in [-0.15, -0.1) is 0 Å². The van der Waals surface area contributed by atoms with Crippen LogP contribution in [0.5, 0.6) is 11.6 Å². The molecule has 0 amide bonds. The number of benzene rings is 1. The standard InChI is InChI=1S/C12H6Cl3NO3/c13-6-1-2-7(14)9(5-6)19-10-4-3-8(15)11(16-10)12(17)18/h1-5H,(H,17,18). The van der Waals surface area contributed by atoms with E-state index >= 15 is 0 Å². The molecular formula is C12H6Cl3NO3. The lowest BCUT2D eigenvalue weighted by molar-refractivity contribution is 0.0690. The third-order valence-corrected chi connectivity index (χ3v) is 2.98. The molecular weight excluding hydrogens is 312 g/mol. The largest absolute Gasteiger partial charge is 0.476 e. The predicted octanol–water partition coefficient (Wildman–Crippen LogP) is 4.53. The normalized spacial score (nSPS) is 10.3. The number of aromatic nitrogens is 1. The van der Waals surface area contributed by atoms with E-state index in [0.717, 1.165) is 0 Å². The molecule has 1 heterocycles. The molecule has 0 unspecified atom stereocenters. The number of ether oxygens (including phenoxy) is 1. The lowest BCUT2D eigenvalue weighted by Gasteiger charge is -2.08. The van der Waals surface area contributed by atoms with E-state index in [1.54, 1.807) is 12.1 Å². The highest BCUT2D eigenvalue weighted by Gasteiger charge is 2.13. The number of halogens is 3. The van der Waals surface area contributed by atoms with Gasteiger partial charge in [-0.1, -0.05) is 34.8 Å². The maximum absolute atomic E-state index is 10.9. The van der Waals surface area contributed by atoms with Gasteiger partial charge < -0.3 is 9.84 Å². The minimum Gasteiger partial charge on any atom is -0.476 e. The first-order valence-corrected chi connectivity index (χ1v) is 6.13. The van der Waals surface area contributed by atoms with Gasteiger partial charge in [0, 0.05) is 17.2 Å². The summed E-state index contributed by atoms with van der Waals surface area (Å²) in [5.41, 5.74) is -0.294. The SMILES string of the molecule is O=C(O)c1nc(Oc2cc(Cl)ccc2Cl)ccc1Cl. The summed E-state index contributed by atoms with van der Waals surface area (Å²) in [6.45, 7) is 0. The number of aromatic carboxylic acids is 1. The summed E-state index contributed by atoms with van der Waals surface area (Å²) in [7, 11) is 0. The lowest BCUT2D eigenvalue weighted by Crippen LogP contribution is -2.02. The fourth-order valence-electron chi connectivity index (χ4n) is 1.30. The van der Waals surface area contributed by atoms with E-state index in [0.29, 0.717) is 10.0 Å². The van der Waals surface area contributed by atoms with Crippen LogP contribution >= 0.6 is 34.8 Å². The summed E-state index contributed by atoms with van der Waals surface area (Å²) >= 11 is 17.4. The fourth-order valence-corrected chi connectivity index (χ4v) is 1.80. The maximum atomic E-state index is 10.9. The van der Waals surface area contributed by atoms with Crippen molar-refractivity contribution in [3.63, 3.8) is 0 Å². The van der Waals surface area contributed by atoms with Crippen molar-refractivity contribution in [1.29, 1.82) is 0 Å². The number of carboxylic acid groups (broad SMARTS) is 1. The average molecular weight is 319 g/mol. The van der Waals surface area contributed by atoms with Crippen molar-refractivity contribution >= 4 is 40.8 Å². The highest BCUT2D eigenvalue weighted by molar-refractivity contribution is 6.34. The molecule has 0 fully saturated rings. The molecule has 1 N–H and O–H groups in total. The van der Waals surface area contributed by atoms with Gasteiger partial charge in [-0.2, -0.15) is 0 Å². The van der Waals surface area contributed by atoms with E-state index in [1.807, 2.05) is 0 Å². The van der Waals surface area contributed by atoms with Crippen LogP contribution in [0.15, 0.2) is 30.3 Å². The third kappa shape index (κ3) is 3.29. The van der Waals surface area contributed by atoms with Gasteiger partial charge >= 0.3 is 5.97 Å². The van der Waals surface area contributed by atoms with E-state index in [9.17, 15) is 4.79 Å². The molecule has 2 aromatic rings. The minimum atomic E-state index is -1.24. The quantitative estimate of drug-likeness (QED) is 0.903. The van der Waals surface area contributed by atoms with Crippen LogP contribution in [0.25, 0.3) is 0 Å². The minimum absolute atomic E-state index is 0.0250. The molecule has 4 nitrogen and oxygen atoms in total. The van der Waals surface area contributed by atoms with Gasteiger partial charge in [-0.3, -0.25) is 0 Å². The van der Waals surface area contributed by atoms with Crippen LogP contribution in [0.4, 0.5) is 0 Å². The molecule has 0 radical (unpaired) electrons. The molecule has 98 valence electrons. The molecule has 0 aliphatic rings. The van der Waals surface area contributed by atoms with Crippen molar-refractivity contribution in [2.45, 2.75) is 0 Å². The van der Waals surface area contributed by atoms with Crippen LogP contribution in [-0.4, -0.2) is 16.1 Å². The molecule has 2 rings (SSSR count). The van der Waals surface area contributed by atoms with Crippen LogP contribution in [0, 0.1) is 0 Å². The fraction of sp³-hybridized carbons (Fsp3) is 0. The summed E-state index contributed by atoms with van der Waals surface area (Å²) < 4.78 is 5.39. The Labute approximate surface area is 123 Å². The second-order valence-electron chi connectivity index (χ2n) is 3.46. The van der Waals surface area contributed by atoms with Crippen molar-refractivity contribution in [1.82, 2.24) is 4.98 Å². The van der Waals surface area contributed by atoms with E-state index in [1.165, 1.54) is 18.2 Å². The van der Waals surface area contributed by atoms with Gasteiger partial charge in [0.25, 0.3) is 0 Å². The number of hydrogen-bond acceptors (Lipinski definition) is 3. The smallest absolute Gasteiger partial charge is 0.356 e. The maximum Gasteiger partial charge on any atom is 0.356 e. The van der Waals surface area contributed by atoms with E-state index in [2.05, 4.69) is 4.98 Å². The van der Waals surface area contributed by atoms with Gasteiger partial charge in [-0.05, 0) is 18.2 Å². The van der Waals surface area contributed by atoms with E-state index < -0.39 is 5.97 Å². The molecule has 0 spiro atoms. The molecule has 0 saturated carbocycles. The second-order valence-corrected chi connectivity index (χ2v) is 4.71. The van der Waals surface area contributed by atoms with Crippen LogP contribution in [0.3, 0.4) is 0 Å². The second kappa shape index (κ2) is 5.65. The summed E-state index contributed by atoms with van der Waals surface area (Å²) in [5.74, 6) is -0.904. The zero-order valence-electron chi connectivity index (χ0n) is 9.23. The van der Waals surface area contributed by atoms with Gasteiger partial charge in [0.05, 0.1) is 10.0 Å². The Bertz CT molecular complexity index is 646. The number of pyridine rings is 1. The zero-order chi connectivity index (χ0) is 14.0. The summed E-state index contributed by atoms with van der Waals surface area (Å²) in [4.78, 5) is 14.7. The summed E-state index contributed by atoms with van der Waals surface area (Å²) in [6.07, 6.45) is 0. The predicted molar refractivity (Wildman–Crippen MR) is 72.7 cm³/mol. The highest BCUT2D eigenvalue weighted by Crippen LogP contribution is 2.31. The molecule has 7 heteroatoms. The van der Waals surface area contributed by atoms with E-state index in [4.69, 9.17) is 44.6 Å². The molecule has 0 aliphatic heterocycles. The Kier molecular flexibility index (Phi) is 4.14. The van der Waals surface area contributed by atoms with Crippen molar-refractivity contribution in [3.05, 3.63) is 51.1 Å². The number of rotatable bonds is 3. The van der Waals surface area contributed by atoms with Crippen molar-refractivity contribution < 1.29 is 14.6 Å². The Hall–Kier alpha value is -1.49. The molecule has 1 aromatic heterocycles. The van der Waals surface area contributed by atoms with Gasteiger partial charge in [0.2, 0.25) is 5.88 Å². The highest BCUT2D eigenvalue weighted by atomic mass is 35.5. The molecule has 0 saturated heterocycles. The Morgan fingerprint density at radius 1 is 1.11 bits per heavy atom. The number of carboxylic acids is 1. The monoisotopic (exact) mass is 317 g/mol. The van der Waals surface area contributed by atoms with Crippen LogP contribution < -0.4 is 4.74 Å². The van der Waals surface area contributed by atoms with Crippen molar-refractivity contribution in [2.24, 2.45) is 0 Å². The van der Waals surface area contributed by atoms with Crippen molar-refractivity contribution in [2.75, 3.05) is 0 Å². The van der Waals surface area contributed by atoms with Gasteiger partial charge in [0.15, 0.2) is 5.69 Å². The first-order chi connectivity index (χ1) is 8.97. The molecule has 0 bridgehead atoms. The zero-order valence-corrected chi connectivity index (χ0v) is 11.5. The van der Waals surface area contributed by atoms with Gasteiger partial charge in [-0.25, -0.2) is 9.78 Å². The number of hydrogen-bond donors (Lipinski definition) is 1. The van der Waals surface area contributed by atoms with Crippen LogP contribution in [0.2, 0.25) is 15.1 Å². The third-order valence-electron chi connectivity index (χ3n) is 2.13. The number of carbonyl (C=O) groups is 1. The summed E-state index contributed by atoms with van der Waals surface area (Å²) in [5, 5.41) is 9.70. The summed E-state index contributed by atoms with van der Waals surface area (Å²) in [6, 6.07) is 7.49. The van der Waals surface area contributed by atoms with Crippen LogP contribution in [-0.2, 0) is 0 Å². The molecule has 0 atom stereocenters. The van der Waals surface area contributed by atoms with E-state index in [-0.39, 0.29) is 22.3 Å². The van der Waals surface area contributed by atoms with Crippen molar-refractivity contribution in [3.8, 4) is 11.6 Å². The lowest BCUT2D eigenvalue weighted by atomic mass is 10.3.